The van der Waals surface area contributed by atoms with Crippen molar-refractivity contribution in [2.24, 2.45) is 5.92 Å². The van der Waals surface area contributed by atoms with E-state index in [2.05, 4.69) is 20.6 Å². The van der Waals surface area contributed by atoms with E-state index in [1.807, 2.05) is 13.8 Å². The Bertz CT molecular complexity index is 1460. The van der Waals surface area contributed by atoms with Crippen LogP contribution in [-0.2, 0) is 16.1 Å². The zero-order chi connectivity index (χ0) is 29.4. The molecule has 3 aromatic rings. The lowest BCUT2D eigenvalue weighted by atomic mass is 10.1. The van der Waals surface area contributed by atoms with E-state index in [0.717, 1.165) is 6.20 Å². The number of carbonyl (C=O) groups excluding carboxylic acids is 2. The van der Waals surface area contributed by atoms with Crippen LogP contribution in [0.2, 0.25) is 0 Å². The molecule has 0 aliphatic heterocycles. The van der Waals surface area contributed by atoms with Crippen LogP contribution in [0.25, 0.3) is 11.0 Å². The number of fused-ring (bicyclic) bond motifs is 1. The van der Waals surface area contributed by atoms with E-state index in [0.29, 0.717) is 23.3 Å². The Labute approximate surface area is 229 Å². The number of H-pyrrole nitrogens is 1. The molecule has 13 heteroatoms. The lowest BCUT2D eigenvalue weighted by Gasteiger charge is -2.16. The van der Waals surface area contributed by atoms with Gasteiger partial charge in [0, 0.05) is 26.0 Å². The second-order valence-corrected chi connectivity index (χ2v) is 9.75. The monoisotopic (exact) mass is 556 g/mol. The number of halogens is 1. The van der Waals surface area contributed by atoms with Gasteiger partial charge < -0.3 is 34.9 Å². The highest BCUT2D eigenvalue weighted by molar-refractivity contribution is 5.96. The van der Waals surface area contributed by atoms with Crippen molar-refractivity contribution < 1.29 is 28.6 Å². The Morgan fingerprint density at radius 1 is 1.30 bits per heavy atom. The van der Waals surface area contributed by atoms with E-state index in [4.69, 9.17) is 9.84 Å². The summed E-state index contributed by atoms with van der Waals surface area (Å²) < 4.78 is 21.4. The highest BCUT2D eigenvalue weighted by Crippen LogP contribution is 2.28. The maximum atomic E-state index is 14.4. The molecule has 0 aromatic carbocycles. The maximum Gasteiger partial charge on any atom is 0.405 e. The van der Waals surface area contributed by atoms with Crippen molar-refractivity contribution in [3.8, 4) is 5.75 Å². The lowest BCUT2D eigenvalue weighted by Crippen LogP contribution is -2.44. The first-order valence-corrected chi connectivity index (χ1v) is 12.6. The zero-order valence-corrected chi connectivity index (χ0v) is 22.7. The van der Waals surface area contributed by atoms with E-state index < -0.39 is 29.4 Å². The first-order chi connectivity index (χ1) is 19.0. The third kappa shape index (κ3) is 7.91. The Morgan fingerprint density at radius 3 is 2.73 bits per heavy atom. The smallest absolute Gasteiger partial charge is 0.405 e. The predicted octanol–water partition coefficient (Wildman–Crippen LogP) is 2.95. The fraction of sp³-hybridized carbons (Fsp3) is 0.370. The summed E-state index contributed by atoms with van der Waals surface area (Å²) in [4.78, 5) is 57.4. The molecule has 0 saturated carbocycles. The van der Waals surface area contributed by atoms with Crippen LogP contribution in [-0.4, -0.2) is 69.2 Å². The van der Waals surface area contributed by atoms with Gasteiger partial charge in [-0.15, -0.1) is 0 Å². The fourth-order valence-corrected chi connectivity index (χ4v) is 3.73. The number of allylic oxidation sites excluding steroid dienone is 1. The molecule has 0 aliphatic rings. The number of hydrogen-bond donors (Lipinski definition) is 4. The third-order valence-electron chi connectivity index (χ3n) is 5.73. The summed E-state index contributed by atoms with van der Waals surface area (Å²) in [6, 6.07) is 3.48. The van der Waals surface area contributed by atoms with Crippen LogP contribution in [0.1, 0.15) is 32.4 Å². The van der Waals surface area contributed by atoms with Crippen molar-refractivity contribution >= 4 is 34.6 Å². The second-order valence-electron chi connectivity index (χ2n) is 9.75. The number of nitrogens with one attached hydrogen (secondary N) is 3. The summed E-state index contributed by atoms with van der Waals surface area (Å²) in [5.41, 5.74) is 0.811. The lowest BCUT2D eigenvalue weighted by molar-refractivity contribution is -0.123. The van der Waals surface area contributed by atoms with Gasteiger partial charge in [0.25, 0.3) is 5.56 Å². The number of ether oxygens (including phenoxy) is 1. The average molecular weight is 557 g/mol. The highest BCUT2D eigenvalue weighted by Gasteiger charge is 2.21. The molecule has 0 fully saturated rings. The van der Waals surface area contributed by atoms with Crippen LogP contribution >= 0.6 is 0 Å². The van der Waals surface area contributed by atoms with Gasteiger partial charge in [-0.3, -0.25) is 19.4 Å². The number of nitrogens with zero attached hydrogens (tertiary/aromatic N) is 3. The molecule has 214 valence electrons. The number of aromatic amines is 1. The number of carboxylic acid groups (broad SMARTS) is 1. The van der Waals surface area contributed by atoms with Gasteiger partial charge >= 0.3 is 6.09 Å². The topological polar surface area (TPSA) is 159 Å². The quantitative estimate of drug-likeness (QED) is 0.250. The molecule has 3 amide bonds. The number of carbonyl (C=O) groups is 3. The van der Waals surface area contributed by atoms with Gasteiger partial charge in [-0.1, -0.05) is 19.9 Å². The molecule has 3 aromatic heterocycles. The number of likely N-dealkylation sites (N-methyl/N-ethyl adjacent to an activating group) is 1. The number of anilines is 1. The molecular formula is C27H33FN6O6. The largest absolute Gasteiger partial charge is 0.488 e. The van der Waals surface area contributed by atoms with Crippen LogP contribution in [0.15, 0.2) is 47.5 Å². The Hall–Kier alpha value is -4.68. The Kier molecular flexibility index (Phi) is 10.0. The van der Waals surface area contributed by atoms with E-state index in [-0.39, 0.29) is 42.6 Å². The van der Waals surface area contributed by atoms with Gasteiger partial charge in [0.1, 0.15) is 17.2 Å². The minimum Gasteiger partial charge on any atom is -0.488 e. The van der Waals surface area contributed by atoms with Crippen molar-refractivity contribution in [3.63, 3.8) is 0 Å². The summed E-state index contributed by atoms with van der Waals surface area (Å²) in [5, 5.41) is 13.8. The van der Waals surface area contributed by atoms with Crippen LogP contribution in [0, 0.1) is 11.7 Å². The molecule has 0 spiro atoms. The van der Waals surface area contributed by atoms with Crippen LogP contribution in [0.5, 0.6) is 5.75 Å². The molecule has 4 N–H and O–H groups in total. The molecule has 3 heterocycles. The molecule has 0 saturated heterocycles. The molecular weight excluding hydrogens is 523 g/mol. The van der Waals surface area contributed by atoms with Crippen LogP contribution < -0.4 is 20.9 Å². The number of aromatic nitrogens is 3. The SMILES string of the molecule is CC(C)COc1c(F)cnc2cc(Cn3cccc(NC(=O)C(CCC=CC(=O)N(C)C)NC(=O)O)c3=O)[nH]c12. The minimum absolute atomic E-state index is 0.0516. The molecule has 0 radical (unpaired) electrons. The molecule has 1 atom stereocenters. The van der Waals surface area contributed by atoms with Crippen molar-refractivity contribution in [1.82, 2.24) is 24.8 Å². The predicted molar refractivity (Wildman–Crippen MR) is 147 cm³/mol. The average Bonchev–Trinajstić information content (AvgIpc) is 3.29. The molecule has 0 aliphatic carbocycles. The summed E-state index contributed by atoms with van der Waals surface area (Å²) >= 11 is 0. The molecule has 1 unspecified atom stereocenters. The summed E-state index contributed by atoms with van der Waals surface area (Å²) in [7, 11) is 3.19. The summed E-state index contributed by atoms with van der Waals surface area (Å²) in [5.74, 6) is -1.33. The standard InChI is InChI=1S/C27H33FN6O6/c1-16(2)15-40-24-18(28)13-29-21-12-17(30-23(21)24)14-34-11-7-9-20(26(34)37)31-25(36)19(32-27(38)39)8-5-6-10-22(35)33(3)4/h6-7,9-13,16,19,30,32H,5,8,14-15H2,1-4H3,(H,31,36)(H,38,39). The number of hydrogen-bond acceptors (Lipinski definition) is 6. The second kappa shape index (κ2) is 13.4. The van der Waals surface area contributed by atoms with Gasteiger partial charge in [0.05, 0.1) is 24.9 Å². The van der Waals surface area contributed by atoms with E-state index in [1.165, 1.54) is 27.8 Å². The molecule has 12 nitrogen and oxygen atoms in total. The maximum absolute atomic E-state index is 14.4. The van der Waals surface area contributed by atoms with E-state index >= 15 is 0 Å². The van der Waals surface area contributed by atoms with Gasteiger partial charge in [-0.2, -0.15) is 0 Å². The Balaban J connectivity index is 1.76. The van der Waals surface area contributed by atoms with Gasteiger partial charge in [-0.25, -0.2) is 9.18 Å². The normalized spacial score (nSPS) is 12.1. The van der Waals surface area contributed by atoms with Crippen LogP contribution in [0.4, 0.5) is 14.9 Å². The number of pyridine rings is 2. The Morgan fingerprint density at radius 2 is 2.05 bits per heavy atom. The molecule has 40 heavy (non-hydrogen) atoms. The van der Waals surface area contributed by atoms with Gasteiger partial charge in [0.2, 0.25) is 11.8 Å². The van der Waals surface area contributed by atoms with Crippen molar-refractivity contribution in [2.75, 3.05) is 26.0 Å². The van der Waals surface area contributed by atoms with Crippen molar-refractivity contribution in [2.45, 2.75) is 39.3 Å². The van der Waals surface area contributed by atoms with Crippen molar-refractivity contribution in [1.29, 1.82) is 0 Å². The number of amides is 3. The van der Waals surface area contributed by atoms with E-state index in [1.54, 1.807) is 32.3 Å². The molecule has 3 rings (SSSR count). The zero-order valence-electron chi connectivity index (χ0n) is 22.7. The number of rotatable bonds is 12. The van der Waals surface area contributed by atoms with Gasteiger partial charge in [-0.05, 0) is 43.0 Å². The van der Waals surface area contributed by atoms with Crippen molar-refractivity contribution in [3.05, 3.63) is 64.6 Å². The van der Waals surface area contributed by atoms with Crippen LogP contribution in [0.3, 0.4) is 0 Å². The van der Waals surface area contributed by atoms with Gasteiger partial charge in [0.15, 0.2) is 11.6 Å². The third-order valence-corrected chi connectivity index (χ3v) is 5.73. The highest BCUT2D eigenvalue weighted by atomic mass is 19.1. The summed E-state index contributed by atoms with van der Waals surface area (Å²) in [6.45, 7) is 4.26. The minimum atomic E-state index is -1.40. The molecule has 0 bridgehead atoms. The first-order valence-electron chi connectivity index (χ1n) is 12.6. The fourth-order valence-electron chi connectivity index (χ4n) is 3.73. The summed E-state index contributed by atoms with van der Waals surface area (Å²) in [6.07, 6.45) is 4.38. The first kappa shape index (κ1) is 29.9. The van der Waals surface area contributed by atoms with E-state index in [9.17, 15) is 23.6 Å².